The Labute approximate surface area is 181 Å². The van der Waals surface area contributed by atoms with Gasteiger partial charge in [-0.1, -0.05) is 30.3 Å². The highest BCUT2D eigenvalue weighted by Crippen LogP contribution is 2.41. The summed E-state index contributed by atoms with van der Waals surface area (Å²) in [7, 11) is -2.09. The van der Waals surface area contributed by atoms with Crippen molar-refractivity contribution < 1.29 is 17.9 Å². The van der Waals surface area contributed by atoms with Crippen LogP contribution >= 0.6 is 0 Å². The molecule has 31 heavy (non-hydrogen) atoms. The quantitative estimate of drug-likeness (QED) is 0.628. The number of methoxy groups -OCH3 is 1. The first-order chi connectivity index (χ1) is 15.0. The zero-order valence-electron chi connectivity index (χ0n) is 17.2. The lowest BCUT2D eigenvalue weighted by atomic mass is 10.1. The Hall–Kier alpha value is -3.26. The van der Waals surface area contributed by atoms with Crippen LogP contribution in [0.2, 0.25) is 0 Å². The van der Waals surface area contributed by atoms with Crippen molar-refractivity contribution in [3.05, 3.63) is 60.7 Å². The summed E-state index contributed by atoms with van der Waals surface area (Å²) >= 11 is 0. The van der Waals surface area contributed by atoms with E-state index in [1.165, 1.54) is 4.31 Å². The molecule has 0 N–H and O–H groups in total. The lowest BCUT2D eigenvalue weighted by Crippen LogP contribution is -2.51. The Bertz CT molecular complexity index is 1260. The molecule has 1 saturated heterocycles. The van der Waals surface area contributed by atoms with Gasteiger partial charge in [0, 0.05) is 43.3 Å². The number of ether oxygens (including phenoxy) is 1. The van der Waals surface area contributed by atoms with Crippen LogP contribution in [-0.4, -0.2) is 59.1 Å². The number of carbonyl (C=O) groups is 1. The van der Waals surface area contributed by atoms with E-state index in [0.29, 0.717) is 37.3 Å². The Morgan fingerprint density at radius 1 is 0.968 bits per heavy atom. The van der Waals surface area contributed by atoms with Crippen LogP contribution < -0.4 is 13.9 Å². The van der Waals surface area contributed by atoms with Gasteiger partial charge >= 0.3 is 0 Å². The Kier molecular flexibility index (Phi) is 4.74. The molecule has 0 bridgehead atoms. The van der Waals surface area contributed by atoms with Crippen LogP contribution in [0.3, 0.4) is 0 Å². The first-order valence-electron chi connectivity index (χ1n) is 10.2. The summed E-state index contributed by atoms with van der Waals surface area (Å²) in [6.45, 7) is 2.26. The molecule has 0 radical (unpaired) electrons. The first kappa shape index (κ1) is 19.7. The van der Waals surface area contributed by atoms with Crippen LogP contribution in [0.15, 0.2) is 65.6 Å². The minimum Gasteiger partial charge on any atom is -0.497 e. The van der Waals surface area contributed by atoms with Gasteiger partial charge < -0.3 is 14.5 Å². The monoisotopic (exact) mass is 437 g/mol. The molecule has 1 amide bonds. The molecule has 0 aromatic heterocycles. The SMILES string of the molecule is COc1cccc(N2CCN(C(=O)CN3c4cccc5cccc(c45)S3(=O)=O)CC2)c1. The van der Waals surface area contributed by atoms with Crippen molar-refractivity contribution in [2.45, 2.75) is 4.90 Å². The summed E-state index contributed by atoms with van der Waals surface area (Å²) in [5.74, 6) is 0.614. The van der Waals surface area contributed by atoms with Gasteiger partial charge in [-0.25, -0.2) is 8.42 Å². The first-order valence-corrected chi connectivity index (χ1v) is 11.6. The van der Waals surface area contributed by atoms with Gasteiger partial charge in [-0.3, -0.25) is 9.10 Å². The summed E-state index contributed by atoms with van der Waals surface area (Å²) in [5.41, 5.74) is 1.63. The van der Waals surface area contributed by atoms with E-state index in [9.17, 15) is 13.2 Å². The summed E-state index contributed by atoms with van der Waals surface area (Å²) in [6.07, 6.45) is 0. The minimum absolute atomic E-state index is 0.182. The number of hydrogen-bond acceptors (Lipinski definition) is 5. The molecule has 1 fully saturated rings. The Morgan fingerprint density at radius 3 is 2.42 bits per heavy atom. The Morgan fingerprint density at radius 2 is 1.68 bits per heavy atom. The van der Waals surface area contributed by atoms with E-state index in [4.69, 9.17) is 4.74 Å². The highest BCUT2D eigenvalue weighted by Gasteiger charge is 2.37. The van der Waals surface area contributed by atoms with Crippen molar-refractivity contribution in [2.75, 3.05) is 49.0 Å². The van der Waals surface area contributed by atoms with Crippen LogP contribution in [0, 0.1) is 0 Å². The van der Waals surface area contributed by atoms with Gasteiger partial charge in [-0.05, 0) is 29.7 Å². The summed E-state index contributed by atoms with van der Waals surface area (Å²) in [6, 6.07) is 18.6. The predicted molar refractivity (Wildman–Crippen MR) is 120 cm³/mol. The fraction of sp³-hybridized carbons (Fsp3) is 0.261. The predicted octanol–water partition coefficient (Wildman–Crippen LogP) is 2.71. The van der Waals surface area contributed by atoms with E-state index in [-0.39, 0.29) is 17.3 Å². The average molecular weight is 438 g/mol. The molecule has 2 heterocycles. The average Bonchev–Trinajstić information content (AvgIpc) is 3.02. The highest BCUT2D eigenvalue weighted by atomic mass is 32.2. The molecule has 0 unspecified atom stereocenters. The highest BCUT2D eigenvalue weighted by molar-refractivity contribution is 7.93. The second-order valence-corrected chi connectivity index (χ2v) is 9.54. The van der Waals surface area contributed by atoms with Gasteiger partial charge in [-0.2, -0.15) is 0 Å². The topological polar surface area (TPSA) is 70.2 Å². The maximum absolute atomic E-state index is 13.1. The lowest BCUT2D eigenvalue weighted by Gasteiger charge is -2.36. The molecule has 8 heteroatoms. The smallest absolute Gasteiger partial charge is 0.265 e. The van der Waals surface area contributed by atoms with Crippen LogP contribution in [0.25, 0.3) is 10.8 Å². The largest absolute Gasteiger partial charge is 0.497 e. The second-order valence-electron chi connectivity index (χ2n) is 7.71. The van der Waals surface area contributed by atoms with Crippen LogP contribution in [0.1, 0.15) is 0 Å². The van der Waals surface area contributed by atoms with Gasteiger partial charge in [0.05, 0.1) is 17.7 Å². The van der Waals surface area contributed by atoms with E-state index in [1.807, 2.05) is 42.5 Å². The number of nitrogens with zero attached hydrogens (tertiary/aromatic N) is 3. The van der Waals surface area contributed by atoms with E-state index < -0.39 is 10.0 Å². The fourth-order valence-electron chi connectivity index (χ4n) is 4.37. The summed E-state index contributed by atoms with van der Waals surface area (Å²) in [5, 5.41) is 1.56. The number of hydrogen-bond donors (Lipinski definition) is 0. The third-order valence-corrected chi connectivity index (χ3v) is 7.81. The molecule has 160 valence electrons. The van der Waals surface area contributed by atoms with Crippen molar-refractivity contribution in [2.24, 2.45) is 0 Å². The number of rotatable bonds is 4. The molecule has 0 spiro atoms. The minimum atomic E-state index is -3.73. The molecule has 0 aliphatic carbocycles. The van der Waals surface area contributed by atoms with Gasteiger partial charge in [0.2, 0.25) is 5.91 Å². The van der Waals surface area contributed by atoms with Gasteiger partial charge in [0.25, 0.3) is 10.0 Å². The zero-order valence-corrected chi connectivity index (χ0v) is 18.0. The van der Waals surface area contributed by atoms with E-state index >= 15 is 0 Å². The molecular formula is C23H23N3O4S. The molecule has 2 aliphatic heterocycles. The van der Waals surface area contributed by atoms with Crippen molar-refractivity contribution in [3.63, 3.8) is 0 Å². The number of anilines is 2. The molecule has 0 atom stereocenters. The second kappa shape index (κ2) is 7.46. The molecule has 7 nitrogen and oxygen atoms in total. The Balaban J connectivity index is 1.31. The van der Waals surface area contributed by atoms with Crippen molar-refractivity contribution >= 4 is 38.1 Å². The molecule has 2 aliphatic rings. The number of amides is 1. The number of piperazine rings is 1. The van der Waals surface area contributed by atoms with Crippen molar-refractivity contribution in [3.8, 4) is 5.75 Å². The summed E-state index contributed by atoms with van der Waals surface area (Å²) < 4.78 is 32.8. The number of benzene rings is 3. The molecule has 3 aromatic rings. The molecule has 5 rings (SSSR count). The zero-order chi connectivity index (χ0) is 21.6. The summed E-state index contributed by atoms with van der Waals surface area (Å²) in [4.78, 5) is 17.3. The van der Waals surface area contributed by atoms with E-state index in [1.54, 1.807) is 30.2 Å². The lowest BCUT2D eigenvalue weighted by molar-refractivity contribution is -0.129. The van der Waals surface area contributed by atoms with Crippen molar-refractivity contribution in [1.82, 2.24) is 4.90 Å². The third kappa shape index (κ3) is 3.27. The normalized spacial score (nSPS) is 17.3. The number of carbonyl (C=O) groups excluding carboxylic acids is 1. The van der Waals surface area contributed by atoms with Gasteiger partial charge in [0.1, 0.15) is 12.3 Å². The van der Waals surface area contributed by atoms with Gasteiger partial charge in [-0.15, -0.1) is 0 Å². The van der Waals surface area contributed by atoms with Crippen LogP contribution in [0.4, 0.5) is 11.4 Å². The number of sulfonamides is 1. The fourth-order valence-corrected chi connectivity index (χ4v) is 6.03. The third-order valence-electron chi connectivity index (χ3n) is 6.01. The van der Waals surface area contributed by atoms with E-state index in [2.05, 4.69) is 4.90 Å². The van der Waals surface area contributed by atoms with Crippen LogP contribution in [0.5, 0.6) is 5.75 Å². The molecular weight excluding hydrogens is 414 g/mol. The van der Waals surface area contributed by atoms with Gasteiger partial charge in [0.15, 0.2) is 0 Å². The maximum atomic E-state index is 13.1. The van der Waals surface area contributed by atoms with E-state index in [0.717, 1.165) is 16.8 Å². The molecule has 0 saturated carbocycles. The standard InChI is InChI=1S/C23H23N3O4S/c1-30-19-8-4-7-18(15-19)24-11-13-25(14-12-24)22(27)16-26-20-9-2-5-17-6-3-10-21(23(17)20)31(26,28)29/h2-10,15H,11-14,16H2,1H3. The maximum Gasteiger partial charge on any atom is 0.265 e. The van der Waals surface area contributed by atoms with Crippen LogP contribution in [-0.2, 0) is 14.8 Å². The van der Waals surface area contributed by atoms with Crippen molar-refractivity contribution in [1.29, 1.82) is 0 Å². The molecule has 3 aromatic carbocycles.